The maximum absolute atomic E-state index is 12.3. The van der Waals surface area contributed by atoms with Crippen molar-refractivity contribution in [1.82, 2.24) is 0 Å². The topological polar surface area (TPSA) is 60.2 Å². The fourth-order valence-corrected chi connectivity index (χ4v) is 2.36. The van der Waals surface area contributed by atoms with Gasteiger partial charge in [0.1, 0.15) is 0 Å². The average molecular weight is 334 g/mol. The lowest BCUT2D eigenvalue weighted by Gasteiger charge is -2.06. The number of hydrogen-bond donors (Lipinski definition) is 0. The van der Waals surface area contributed by atoms with Crippen molar-refractivity contribution < 1.29 is 9.72 Å². The Bertz CT molecular complexity index is 683. The third-order valence-corrected chi connectivity index (χ3v) is 3.53. The Kier molecular flexibility index (Phi) is 4.29. The summed E-state index contributed by atoms with van der Waals surface area (Å²) in [6.45, 7) is 1.85. The molecule has 0 heterocycles. The van der Waals surface area contributed by atoms with Crippen LogP contribution in [0.2, 0.25) is 0 Å². The van der Waals surface area contributed by atoms with Gasteiger partial charge < -0.3 is 0 Å². The van der Waals surface area contributed by atoms with Gasteiger partial charge in [0.05, 0.1) is 4.92 Å². The van der Waals surface area contributed by atoms with Crippen molar-refractivity contribution >= 4 is 27.4 Å². The number of nitro benzene ring substituents is 1. The Morgan fingerprint density at radius 2 is 1.95 bits per heavy atom. The van der Waals surface area contributed by atoms with Crippen LogP contribution >= 0.6 is 15.9 Å². The molecule has 4 nitrogen and oxygen atoms in total. The lowest BCUT2D eigenvalue weighted by Crippen LogP contribution is -2.07. The van der Waals surface area contributed by atoms with Crippen molar-refractivity contribution in [3.63, 3.8) is 0 Å². The molecule has 0 aliphatic carbocycles. The third kappa shape index (κ3) is 3.11. The van der Waals surface area contributed by atoms with E-state index in [2.05, 4.69) is 15.9 Å². The molecule has 2 rings (SSSR count). The molecule has 0 saturated heterocycles. The standard InChI is InChI=1S/C15H12BrNO3/c1-10-6-7-12(16)9-13(10)15(18)8-11-4-2-3-5-14(11)17(19)20/h2-7,9H,8H2,1H3. The summed E-state index contributed by atoms with van der Waals surface area (Å²) < 4.78 is 0.814. The molecule has 5 heteroatoms. The predicted molar refractivity (Wildman–Crippen MR) is 80.0 cm³/mol. The number of benzene rings is 2. The minimum atomic E-state index is -0.462. The second-order valence-electron chi connectivity index (χ2n) is 4.45. The van der Waals surface area contributed by atoms with Crippen molar-refractivity contribution in [3.8, 4) is 0 Å². The highest BCUT2D eigenvalue weighted by Gasteiger charge is 2.17. The summed E-state index contributed by atoms with van der Waals surface area (Å²) >= 11 is 3.33. The summed E-state index contributed by atoms with van der Waals surface area (Å²) in [5, 5.41) is 10.9. The molecule has 0 N–H and O–H groups in total. The smallest absolute Gasteiger partial charge is 0.273 e. The number of halogens is 1. The summed E-state index contributed by atoms with van der Waals surface area (Å²) in [4.78, 5) is 22.8. The molecular formula is C15H12BrNO3. The van der Waals surface area contributed by atoms with Gasteiger partial charge in [-0.05, 0) is 24.6 Å². The number of nitro groups is 1. The summed E-state index contributed by atoms with van der Waals surface area (Å²) in [6.07, 6.45) is 0.0223. The van der Waals surface area contributed by atoms with Crippen LogP contribution in [-0.2, 0) is 6.42 Å². The number of rotatable bonds is 4. The highest BCUT2D eigenvalue weighted by Crippen LogP contribution is 2.22. The SMILES string of the molecule is Cc1ccc(Br)cc1C(=O)Cc1ccccc1[N+](=O)[O-]. The van der Waals surface area contributed by atoms with Crippen LogP contribution in [0.4, 0.5) is 5.69 Å². The highest BCUT2D eigenvalue weighted by molar-refractivity contribution is 9.10. The van der Waals surface area contributed by atoms with E-state index in [1.54, 1.807) is 24.3 Å². The van der Waals surface area contributed by atoms with Gasteiger partial charge in [-0.1, -0.05) is 40.2 Å². The highest BCUT2D eigenvalue weighted by atomic mass is 79.9. The minimum absolute atomic E-state index is 0.0199. The first kappa shape index (κ1) is 14.4. The van der Waals surface area contributed by atoms with Crippen LogP contribution in [0.25, 0.3) is 0 Å². The van der Waals surface area contributed by atoms with Crippen LogP contribution in [0, 0.1) is 17.0 Å². The Hall–Kier alpha value is -2.01. The lowest BCUT2D eigenvalue weighted by molar-refractivity contribution is -0.385. The molecular weight excluding hydrogens is 322 g/mol. The second-order valence-corrected chi connectivity index (χ2v) is 5.36. The van der Waals surface area contributed by atoms with Crippen LogP contribution in [-0.4, -0.2) is 10.7 Å². The Morgan fingerprint density at radius 1 is 1.25 bits per heavy atom. The van der Waals surface area contributed by atoms with Crippen LogP contribution in [0.3, 0.4) is 0 Å². The largest absolute Gasteiger partial charge is 0.294 e. The van der Waals surface area contributed by atoms with E-state index in [4.69, 9.17) is 0 Å². The van der Waals surface area contributed by atoms with E-state index >= 15 is 0 Å². The molecule has 0 aliphatic heterocycles. The second kappa shape index (κ2) is 5.96. The summed E-state index contributed by atoms with van der Waals surface area (Å²) in [5.41, 5.74) is 1.85. The number of carbonyl (C=O) groups is 1. The van der Waals surface area contributed by atoms with Crippen LogP contribution < -0.4 is 0 Å². The summed E-state index contributed by atoms with van der Waals surface area (Å²) in [5.74, 6) is -0.127. The van der Waals surface area contributed by atoms with E-state index in [1.807, 2.05) is 19.1 Å². The molecule has 0 unspecified atom stereocenters. The van der Waals surface area contributed by atoms with E-state index in [-0.39, 0.29) is 17.9 Å². The number of para-hydroxylation sites is 1. The van der Waals surface area contributed by atoms with Gasteiger partial charge in [0.2, 0.25) is 0 Å². The first-order chi connectivity index (χ1) is 9.49. The zero-order chi connectivity index (χ0) is 14.7. The van der Waals surface area contributed by atoms with Gasteiger partial charge in [-0.15, -0.1) is 0 Å². The normalized spacial score (nSPS) is 10.3. The minimum Gasteiger partial charge on any atom is -0.294 e. The molecule has 0 spiro atoms. The van der Waals surface area contributed by atoms with Gasteiger partial charge in [0.25, 0.3) is 5.69 Å². The van der Waals surface area contributed by atoms with Crippen LogP contribution in [0.5, 0.6) is 0 Å². The lowest BCUT2D eigenvalue weighted by atomic mass is 9.98. The molecule has 0 fully saturated rings. The maximum atomic E-state index is 12.3. The Balaban J connectivity index is 2.33. The molecule has 0 aliphatic rings. The van der Waals surface area contributed by atoms with E-state index in [1.165, 1.54) is 6.07 Å². The third-order valence-electron chi connectivity index (χ3n) is 3.04. The van der Waals surface area contributed by atoms with E-state index in [9.17, 15) is 14.9 Å². The number of carbonyl (C=O) groups excluding carboxylic acids is 1. The molecule has 2 aromatic carbocycles. The Morgan fingerprint density at radius 3 is 2.65 bits per heavy atom. The van der Waals surface area contributed by atoms with Gasteiger partial charge in [-0.3, -0.25) is 14.9 Å². The Labute approximate surface area is 124 Å². The van der Waals surface area contributed by atoms with Crippen molar-refractivity contribution in [1.29, 1.82) is 0 Å². The number of Topliss-reactive ketones (excluding diaryl/α,β-unsaturated/α-hetero) is 1. The van der Waals surface area contributed by atoms with Crippen LogP contribution in [0.1, 0.15) is 21.5 Å². The van der Waals surface area contributed by atoms with Crippen molar-refractivity contribution in [2.45, 2.75) is 13.3 Å². The number of ketones is 1. The molecule has 0 atom stereocenters. The molecule has 20 heavy (non-hydrogen) atoms. The average Bonchev–Trinajstić information content (AvgIpc) is 2.41. The predicted octanol–water partition coefficient (Wildman–Crippen LogP) is 4.09. The van der Waals surface area contributed by atoms with Gasteiger partial charge in [0.15, 0.2) is 5.78 Å². The monoisotopic (exact) mass is 333 g/mol. The summed E-state index contributed by atoms with van der Waals surface area (Å²) in [7, 11) is 0. The van der Waals surface area contributed by atoms with Crippen molar-refractivity contribution in [3.05, 3.63) is 73.7 Å². The van der Waals surface area contributed by atoms with Gasteiger partial charge in [-0.25, -0.2) is 0 Å². The zero-order valence-corrected chi connectivity index (χ0v) is 12.4. The quantitative estimate of drug-likeness (QED) is 0.481. The fourth-order valence-electron chi connectivity index (χ4n) is 2.00. The van der Waals surface area contributed by atoms with E-state index in [0.717, 1.165) is 10.0 Å². The first-order valence-electron chi connectivity index (χ1n) is 6.00. The molecule has 0 aromatic heterocycles. The van der Waals surface area contributed by atoms with Crippen molar-refractivity contribution in [2.75, 3.05) is 0 Å². The maximum Gasteiger partial charge on any atom is 0.273 e. The van der Waals surface area contributed by atoms with Crippen LogP contribution in [0.15, 0.2) is 46.9 Å². The number of hydrogen-bond acceptors (Lipinski definition) is 3. The molecule has 0 amide bonds. The van der Waals surface area contributed by atoms with Crippen molar-refractivity contribution in [2.24, 2.45) is 0 Å². The van der Waals surface area contributed by atoms with Gasteiger partial charge >= 0.3 is 0 Å². The first-order valence-corrected chi connectivity index (χ1v) is 6.80. The van der Waals surface area contributed by atoms with E-state index < -0.39 is 4.92 Å². The molecule has 2 aromatic rings. The number of aryl methyl sites for hydroxylation is 1. The van der Waals surface area contributed by atoms with E-state index in [0.29, 0.717) is 11.1 Å². The molecule has 102 valence electrons. The molecule has 0 saturated carbocycles. The molecule has 0 radical (unpaired) electrons. The molecule has 0 bridgehead atoms. The fraction of sp³-hybridized carbons (Fsp3) is 0.133. The number of nitrogens with zero attached hydrogens (tertiary/aromatic N) is 1. The summed E-state index contributed by atoms with van der Waals surface area (Å²) in [6, 6.07) is 11.8. The zero-order valence-electron chi connectivity index (χ0n) is 10.8. The van der Waals surface area contributed by atoms with Gasteiger partial charge in [0, 0.05) is 28.1 Å². The van der Waals surface area contributed by atoms with Gasteiger partial charge in [-0.2, -0.15) is 0 Å².